The van der Waals surface area contributed by atoms with E-state index in [0.717, 1.165) is 0 Å². The average molecular weight is 292 g/mol. The lowest BCUT2D eigenvalue weighted by Gasteiger charge is -2.08. The van der Waals surface area contributed by atoms with Gasteiger partial charge in [-0.25, -0.2) is 13.1 Å². The number of rotatable bonds is 8. The average Bonchev–Trinajstić information content (AvgIpc) is 2.31. The van der Waals surface area contributed by atoms with Gasteiger partial charge in [-0.05, 0) is 25.0 Å². The fraction of sp³-hybridized carbons (Fsp3) is 0.500. The van der Waals surface area contributed by atoms with Crippen molar-refractivity contribution < 1.29 is 13.2 Å². The van der Waals surface area contributed by atoms with Gasteiger partial charge < -0.3 is 4.74 Å². The number of benzene rings is 1. The second kappa shape index (κ2) is 7.74. The third-order valence-corrected chi connectivity index (χ3v) is 4.00. The smallest absolute Gasteiger partial charge is 0.215 e. The number of sulfonamides is 1. The minimum Gasteiger partial charge on any atom is -0.382 e. The molecule has 0 unspecified atom stereocenters. The van der Waals surface area contributed by atoms with Crippen LogP contribution >= 0.6 is 11.6 Å². The first-order chi connectivity index (χ1) is 8.55. The number of nitrogens with one attached hydrogen (secondary N) is 1. The number of ether oxygens (including phenoxy) is 1. The van der Waals surface area contributed by atoms with Crippen LogP contribution in [0.15, 0.2) is 24.3 Å². The summed E-state index contributed by atoms with van der Waals surface area (Å²) in [6, 6.07) is 6.93. The lowest BCUT2D eigenvalue weighted by Crippen LogP contribution is -2.27. The van der Waals surface area contributed by atoms with Crippen molar-refractivity contribution in [2.75, 3.05) is 19.8 Å². The minimum atomic E-state index is -3.33. The largest absolute Gasteiger partial charge is 0.382 e. The van der Waals surface area contributed by atoms with Crippen LogP contribution in [-0.2, 0) is 20.5 Å². The van der Waals surface area contributed by atoms with Crippen LogP contribution in [0.25, 0.3) is 0 Å². The van der Waals surface area contributed by atoms with E-state index in [2.05, 4.69) is 4.72 Å². The van der Waals surface area contributed by atoms with E-state index in [1.165, 1.54) is 0 Å². The molecule has 1 N–H and O–H groups in total. The maximum atomic E-state index is 11.8. The lowest BCUT2D eigenvalue weighted by molar-refractivity contribution is 0.146. The highest BCUT2D eigenvalue weighted by Crippen LogP contribution is 2.17. The molecule has 0 heterocycles. The summed E-state index contributed by atoms with van der Waals surface area (Å²) in [6.45, 7) is 3.49. The van der Waals surface area contributed by atoms with Crippen molar-refractivity contribution in [3.05, 3.63) is 34.9 Å². The maximum Gasteiger partial charge on any atom is 0.215 e. The highest BCUT2D eigenvalue weighted by atomic mass is 35.5. The summed E-state index contributed by atoms with van der Waals surface area (Å²) in [5.41, 5.74) is 0.608. The molecule has 0 spiro atoms. The number of halogens is 1. The van der Waals surface area contributed by atoms with E-state index in [9.17, 15) is 8.42 Å². The van der Waals surface area contributed by atoms with Gasteiger partial charge in [0.2, 0.25) is 10.0 Å². The van der Waals surface area contributed by atoms with Gasteiger partial charge in [-0.3, -0.25) is 0 Å². The molecule has 0 atom stereocenters. The highest BCUT2D eigenvalue weighted by Gasteiger charge is 2.12. The molecular weight excluding hydrogens is 274 g/mol. The molecule has 6 heteroatoms. The van der Waals surface area contributed by atoms with E-state index < -0.39 is 10.0 Å². The third-order valence-electron chi connectivity index (χ3n) is 2.29. The van der Waals surface area contributed by atoms with Crippen LogP contribution in [0.3, 0.4) is 0 Å². The molecule has 0 saturated carbocycles. The molecule has 0 radical (unpaired) electrons. The first-order valence-corrected chi connectivity index (χ1v) is 7.86. The molecule has 1 aromatic rings. The van der Waals surface area contributed by atoms with Crippen molar-refractivity contribution in [2.24, 2.45) is 0 Å². The minimum absolute atomic E-state index is 0.0959. The summed E-state index contributed by atoms with van der Waals surface area (Å²) in [5, 5.41) is 0.470. The third kappa shape index (κ3) is 5.82. The molecule has 0 saturated heterocycles. The normalized spacial score (nSPS) is 11.7. The molecule has 0 bridgehead atoms. The standard InChI is InChI=1S/C12H18ClNO3S/c1-2-17-9-5-8-14-18(15,16)10-11-6-3-4-7-12(11)13/h3-4,6-7,14H,2,5,8-10H2,1H3. The monoisotopic (exact) mass is 291 g/mol. The van der Waals surface area contributed by atoms with Crippen LogP contribution < -0.4 is 4.72 Å². The predicted octanol–water partition coefficient (Wildman–Crippen LogP) is 2.19. The highest BCUT2D eigenvalue weighted by molar-refractivity contribution is 7.88. The molecule has 1 rings (SSSR count). The van der Waals surface area contributed by atoms with Crippen LogP contribution in [0, 0.1) is 0 Å². The number of hydrogen-bond donors (Lipinski definition) is 1. The van der Waals surface area contributed by atoms with Gasteiger partial charge in [-0.2, -0.15) is 0 Å². The van der Waals surface area contributed by atoms with Gasteiger partial charge in [0.1, 0.15) is 0 Å². The fourth-order valence-electron chi connectivity index (χ4n) is 1.42. The molecule has 1 aromatic carbocycles. The van der Waals surface area contributed by atoms with Crippen LogP contribution in [0.2, 0.25) is 5.02 Å². The first-order valence-electron chi connectivity index (χ1n) is 5.83. The molecule has 18 heavy (non-hydrogen) atoms. The zero-order valence-corrected chi connectivity index (χ0v) is 11.9. The van der Waals surface area contributed by atoms with Gasteiger partial charge >= 0.3 is 0 Å². The van der Waals surface area contributed by atoms with Gasteiger partial charge in [-0.1, -0.05) is 29.8 Å². The predicted molar refractivity (Wildman–Crippen MR) is 73.2 cm³/mol. The second-order valence-electron chi connectivity index (χ2n) is 3.80. The van der Waals surface area contributed by atoms with Crippen LogP contribution in [-0.4, -0.2) is 28.2 Å². The summed E-state index contributed by atoms with van der Waals surface area (Å²) < 4.78 is 31.2. The molecule has 0 fully saturated rings. The van der Waals surface area contributed by atoms with Gasteiger partial charge in [0.15, 0.2) is 0 Å². The molecule has 4 nitrogen and oxygen atoms in total. The zero-order chi connectivity index (χ0) is 13.4. The maximum absolute atomic E-state index is 11.8. The Balaban J connectivity index is 2.43. The van der Waals surface area contributed by atoms with Crippen LogP contribution in [0.5, 0.6) is 0 Å². The Morgan fingerprint density at radius 3 is 2.72 bits per heavy atom. The van der Waals surface area contributed by atoms with E-state index in [1.807, 2.05) is 6.92 Å². The van der Waals surface area contributed by atoms with Crippen LogP contribution in [0.4, 0.5) is 0 Å². The van der Waals surface area contributed by atoms with E-state index in [4.69, 9.17) is 16.3 Å². The van der Waals surface area contributed by atoms with Crippen molar-refractivity contribution in [2.45, 2.75) is 19.1 Å². The van der Waals surface area contributed by atoms with Crippen molar-refractivity contribution >= 4 is 21.6 Å². The van der Waals surface area contributed by atoms with Crippen LogP contribution in [0.1, 0.15) is 18.9 Å². The second-order valence-corrected chi connectivity index (χ2v) is 6.01. The first kappa shape index (κ1) is 15.4. The summed E-state index contributed by atoms with van der Waals surface area (Å²) in [4.78, 5) is 0. The Bertz CT molecular complexity index is 462. The molecule has 102 valence electrons. The van der Waals surface area contributed by atoms with Gasteiger partial charge in [-0.15, -0.1) is 0 Å². The van der Waals surface area contributed by atoms with Crippen molar-refractivity contribution in [1.29, 1.82) is 0 Å². The molecule has 0 aliphatic heterocycles. The van der Waals surface area contributed by atoms with Gasteiger partial charge in [0.05, 0.1) is 5.75 Å². The van der Waals surface area contributed by atoms with E-state index in [-0.39, 0.29) is 5.75 Å². The Kier molecular flexibility index (Phi) is 6.63. The van der Waals surface area contributed by atoms with E-state index >= 15 is 0 Å². The van der Waals surface area contributed by atoms with E-state index in [1.54, 1.807) is 24.3 Å². The summed E-state index contributed by atoms with van der Waals surface area (Å²) in [5.74, 6) is -0.0959. The van der Waals surface area contributed by atoms with Crippen molar-refractivity contribution in [1.82, 2.24) is 4.72 Å². The molecule has 0 amide bonds. The summed E-state index contributed by atoms with van der Waals surface area (Å²) in [6.07, 6.45) is 0.662. The Labute approximate surface area is 113 Å². The molecule has 0 aromatic heterocycles. The Morgan fingerprint density at radius 1 is 1.33 bits per heavy atom. The molecular formula is C12H18ClNO3S. The Hall–Kier alpha value is -0.620. The van der Waals surface area contributed by atoms with Gasteiger partial charge in [0.25, 0.3) is 0 Å². The van der Waals surface area contributed by atoms with Crippen molar-refractivity contribution in [3.63, 3.8) is 0 Å². The zero-order valence-electron chi connectivity index (χ0n) is 10.4. The summed E-state index contributed by atoms with van der Waals surface area (Å²) >= 11 is 5.92. The quantitative estimate of drug-likeness (QED) is 0.747. The van der Waals surface area contributed by atoms with Crippen molar-refractivity contribution in [3.8, 4) is 0 Å². The fourth-order valence-corrected chi connectivity index (χ4v) is 2.92. The SMILES string of the molecule is CCOCCCNS(=O)(=O)Cc1ccccc1Cl. The van der Waals surface area contributed by atoms with Gasteiger partial charge in [0, 0.05) is 24.8 Å². The summed E-state index contributed by atoms with van der Waals surface area (Å²) in [7, 11) is -3.33. The lowest BCUT2D eigenvalue weighted by atomic mass is 10.2. The Morgan fingerprint density at radius 2 is 2.06 bits per heavy atom. The van der Waals surface area contributed by atoms with E-state index in [0.29, 0.717) is 36.8 Å². The molecule has 0 aliphatic carbocycles. The molecule has 0 aliphatic rings. The number of hydrogen-bond acceptors (Lipinski definition) is 3. The topological polar surface area (TPSA) is 55.4 Å².